The van der Waals surface area contributed by atoms with Crippen LogP contribution in [0.5, 0.6) is 0 Å². The molecule has 1 amide bonds. The summed E-state index contributed by atoms with van der Waals surface area (Å²) in [6.07, 6.45) is 4.88. The zero-order valence-corrected chi connectivity index (χ0v) is 14.3. The van der Waals surface area contributed by atoms with Crippen LogP contribution in [0.3, 0.4) is 0 Å². The van der Waals surface area contributed by atoms with E-state index in [1.54, 1.807) is 4.90 Å². The summed E-state index contributed by atoms with van der Waals surface area (Å²) in [5, 5.41) is 0. The lowest BCUT2D eigenvalue weighted by atomic mass is 9.67. The minimum Gasteiger partial charge on any atom is -0.455 e. The lowest BCUT2D eigenvalue weighted by Gasteiger charge is -2.36. The zero-order valence-electron chi connectivity index (χ0n) is 14.3. The van der Waals surface area contributed by atoms with Gasteiger partial charge >= 0.3 is 5.97 Å². The maximum Gasteiger partial charge on any atom is 0.309 e. The molecule has 0 spiro atoms. The number of para-hydroxylation sites is 1. The van der Waals surface area contributed by atoms with E-state index in [-0.39, 0.29) is 36.2 Å². The molecule has 5 heteroatoms. The van der Waals surface area contributed by atoms with Crippen molar-refractivity contribution >= 4 is 23.3 Å². The van der Waals surface area contributed by atoms with Gasteiger partial charge in [0.2, 0.25) is 0 Å². The number of hydrogen-bond donors (Lipinski definition) is 0. The molecular weight excluding hydrogens is 318 g/mol. The average molecular weight is 341 g/mol. The van der Waals surface area contributed by atoms with Gasteiger partial charge < -0.3 is 9.64 Å². The van der Waals surface area contributed by atoms with Crippen LogP contribution < -0.4 is 4.90 Å². The van der Waals surface area contributed by atoms with Crippen LogP contribution in [-0.2, 0) is 25.5 Å². The zero-order chi connectivity index (χ0) is 17.4. The number of carbonyl (C=O) groups is 3. The first-order valence-electron chi connectivity index (χ1n) is 9.22. The Kier molecular flexibility index (Phi) is 4.32. The molecule has 0 unspecified atom stereocenters. The number of carbonyl (C=O) groups excluding carboxylic acids is 3. The molecule has 0 saturated heterocycles. The smallest absolute Gasteiger partial charge is 0.309 e. The minimum atomic E-state index is -0.315. The normalized spacial score (nSPS) is 27.8. The first-order chi connectivity index (χ1) is 12.1. The predicted molar refractivity (Wildman–Crippen MR) is 92.0 cm³/mol. The Morgan fingerprint density at radius 3 is 2.60 bits per heavy atom. The fourth-order valence-corrected chi connectivity index (χ4v) is 4.60. The summed E-state index contributed by atoms with van der Waals surface area (Å²) >= 11 is 0. The fraction of sp³-hybridized carbons (Fsp3) is 0.550. The average Bonchev–Trinajstić information content (AvgIpc) is 3.03. The summed E-state index contributed by atoms with van der Waals surface area (Å²) in [4.78, 5) is 38.7. The number of hydrogen-bond acceptors (Lipinski definition) is 4. The van der Waals surface area contributed by atoms with Crippen molar-refractivity contribution in [3.8, 4) is 0 Å². The van der Waals surface area contributed by atoms with Crippen molar-refractivity contribution in [3.05, 3.63) is 29.8 Å². The van der Waals surface area contributed by atoms with Crippen LogP contribution in [0.15, 0.2) is 24.3 Å². The number of ketones is 1. The topological polar surface area (TPSA) is 63.7 Å². The first kappa shape index (κ1) is 16.3. The van der Waals surface area contributed by atoms with E-state index in [4.69, 9.17) is 4.74 Å². The highest BCUT2D eigenvalue weighted by Crippen LogP contribution is 2.40. The van der Waals surface area contributed by atoms with Crippen molar-refractivity contribution in [1.82, 2.24) is 0 Å². The third kappa shape index (κ3) is 3.08. The molecule has 132 valence electrons. The van der Waals surface area contributed by atoms with E-state index in [9.17, 15) is 14.4 Å². The molecule has 25 heavy (non-hydrogen) atoms. The lowest BCUT2D eigenvalue weighted by molar-refractivity contribution is -0.156. The number of benzene rings is 1. The van der Waals surface area contributed by atoms with E-state index in [1.165, 1.54) is 0 Å². The van der Waals surface area contributed by atoms with Gasteiger partial charge in [-0.25, -0.2) is 0 Å². The van der Waals surface area contributed by atoms with Gasteiger partial charge in [0.1, 0.15) is 5.78 Å². The van der Waals surface area contributed by atoms with Gasteiger partial charge in [0.25, 0.3) is 5.91 Å². The molecular formula is C20H23NO4. The van der Waals surface area contributed by atoms with Crippen molar-refractivity contribution in [1.29, 1.82) is 0 Å². The first-order valence-corrected chi connectivity index (χ1v) is 9.22. The highest BCUT2D eigenvalue weighted by molar-refractivity contribution is 5.97. The van der Waals surface area contributed by atoms with Crippen LogP contribution in [0, 0.1) is 17.8 Å². The number of ether oxygens (including phenoxy) is 1. The van der Waals surface area contributed by atoms with Crippen LogP contribution in [0.4, 0.5) is 5.69 Å². The van der Waals surface area contributed by atoms with E-state index < -0.39 is 0 Å². The summed E-state index contributed by atoms with van der Waals surface area (Å²) in [7, 11) is 0. The standard InChI is InChI=1S/C20H23NO4/c22-18(21-9-8-13-4-1-2-7-17(13)21)12-25-20(24)16-10-14-5-3-6-15(11-16)19(14)23/h1-2,4,7,14-16H,3,5-6,8-12H2/t14-,15-/m0/s1. The summed E-state index contributed by atoms with van der Waals surface area (Å²) in [6.45, 7) is 0.421. The molecule has 2 saturated carbocycles. The van der Waals surface area contributed by atoms with Crippen LogP contribution >= 0.6 is 0 Å². The second kappa shape index (κ2) is 6.62. The molecule has 0 aromatic heterocycles. The number of Topliss-reactive ketones (excluding diaryl/α,β-unsaturated/α-hetero) is 1. The van der Waals surface area contributed by atoms with Gasteiger partial charge in [-0.15, -0.1) is 0 Å². The molecule has 0 N–H and O–H groups in total. The number of esters is 1. The molecule has 4 rings (SSSR count). The Bertz CT molecular complexity index is 697. The molecule has 1 heterocycles. The fourth-order valence-electron chi connectivity index (χ4n) is 4.60. The number of fused-ring (bicyclic) bond motifs is 3. The highest BCUT2D eigenvalue weighted by Gasteiger charge is 2.42. The SMILES string of the molecule is O=C(OCC(=O)N1CCc2ccccc21)C1C[C@@H]2CCC[C@@H](C1)C2=O. The van der Waals surface area contributed by atoms with Crippen LogP contribution in [-0.4, -0.2) is 30.8 Å². The van der Waals surface area contributed by atoms with E-state index in [0.717, 1.165) is 36.9 Å². The van der Waals surface area contributed by atoms with E-state index in [0.29, 0.717) is 25.2 Å². The second-order valence-electron chi connectivity index (χ2n) is 7.43. The maximum absolute atomic E-state index is 12.4. The summed E-state index contributed by atoms with van der Waals surface area (Å²) < 4.78 is 5.33. The molecule has 1 aromatic carbocycles. The van der Waals surface area contributed by atoms with Crippen molar-refractivity contribution in [2.24, 2.45) is 17.8 Å². The molecule has 2 aliphatic carbocycles. The molecule has 3 aliphatic rings. The molecule has 5 nitrogen and oxygen atoms in total. The van der Waals surface area contributed by atoms with Gasteiger partial charge in [0, 0.05) is 24.1 Å². The highest BCUT2D eigenvalue weighted by atomic mass is 16.5. The van der Waals surface area contributed by atoms with E-state index >= 15 is 0 Å². The minimum absolute atomic E-state index is 0.0196. The molecule has 0 radical (unpaired) electrons. The summed E-state index contributed by atoms with van der Waals surface area (Å²) in [6, 6.07) is 7.82. The van der Waals surface area contributed by atoms with Crippen molar-refractivity contribution in [2.45, 2.75) is 38.5 Å². The Hall–Kier alpha value is -2.17. The maximum atomic E-state index is 12.4. The van der Waals surface area contributed by atoms with Gasteiger partial charge in [-0.3, -0.25) is 14.4 Å². The molecule has 2 atom stereocenters. The van der Waals surface area contributed by atoms with Gasteiger partial charge in [0.15, 0.2) is 6.61 Å². The Morgan fingerprint density at radius 2 is 1.84 bits per heavy atom. The van der Waals surface area contributed by atoms with Gasteiger partial charge in [-0.05, 0) is 43.7 Å². The van der Waals surface area contributed by atoms with E-state index in [1.807, 2.05) is 24.3 Å². The van der Waals surface area contributed by atoms with Crippen molar-refractivity contribution < 1.29 is 19.1 Å². The van der Waals surface area contributed by atoms with Crippen molar-refractivity contribution in [3.63, 3.8) is 0 Å². The molecule has 1 aliphatic heterocycles. The van der Waals surface area contributed by atoms with Crippen molar-refractivity contribution in [2.75, 3.05) is 18.1 Å². The summed E-state index contributed by atoms with van der Waals surface area (Å²) in [5.74, 6) is -0.347. The quantitative estimate of drug-likeness (QED) is 0.793. The number of anilines is 1. The molecule has 2 fully saturated rings. The number of amides is 1. The summed E-state index contributed by atoms with van der Waals surface area (Å²) in [5.41, 5.74) is 2.07. The Labute approximate surface area is 147 Å². The predicted octanol–water partition coefficient (Wildman–Crippen LogP) is 2.51. The largest absolute Gasteiger partial charge is 0.455 e. The monoisotopic (exact) mass is 341 g/mol. The van der Waals surface area contributed by atoms with Gasteiger partial charge in [-0.2, -0.15) is 0 Å². The van der Waals surface area contributed by atoms with Crippen LogP contribution in [0.2, 0.25) is 0 Å². The van der Waals surface area contributed by atoms with Gasteiger partial charge in [-0.1, -0.05) is 24.6 Å². The second-order valence-corrected chi connectivity index (χ2v) is 7.43. The third-order valence-corrected chi connectivity index (χ3v) is 5.91. The van der Waals surface area contributed by atoms with Gasteiger partial charge in [0.05, 0.1) is 5.92 Å². The van der Waals surface area contributed by atoms with Crippen LogP contribution in [0.25, 0.3) is 0 Å². The Morgan fingerprint density at radius 1 is 1.12 bits per heavy atom. The lowest BCUT2D eigenvalue weighted by Crippen LogP contribution is -2.40. The number of nitrogens with zero attached hydrogens (tertiary/aromatic N) is 1. The Balaban J connectivity index is 1.33. The molecule has 2 bridgehead atoms. The van der Waals surface area contributed by atoms with E-state index in [2.05, 4.69) is 0 Å². The molecule has 1 aromatic rings. The number of rotatable bonds is 3. The third-order valence-electron chi connectivity index (χ3n) is 5.91. The van der Waals surface area contributed by atoms with Crippen LogP contribution in [0.1, 0.15) is 37.7 Å².